The quantitative estimate of drug-likeness (QED) is 0.590. The summed E-state index contributed by atoms with van der Waals surface area (Å²) in [4.78, 5) is 25.6. The van der Waals surface area contributed by atoms with Gasteiger partial charge in [0.25, 0.3) is 0 Å². The number of hydrogen-bond donors (Lipinski definition) is 2. The molecule has 1 saturated heterocycles. The summed E-state index contributed by atoms with van der Waals surface area (Å²) in [7, 11) is 0. The second kappa shape index (κ2) is 7.80. The number of alkyl halides is 1. The highest BCUT2D eigenvalue weighted by atomic mass is 19.1. The fraction of sp³-hybridized carbons (Fsp3) is 0.786. The van der Waals surface area contributed by atoms with Gasteiger partial charge in [-0.1, -0.05) is 43.9 Å². The molecule has 1 heterocycles. The third-order valence-electron chi connectivity index (χ3n) is 11.0. The van der Waals surface area contributed by atoms with Gasteiger partial charge in [-0.3, -0.25) is 9.59 Å². The molecular formula is C28H37FO6. The number of hydrogen-bond acceptors (Lipinski definition) is 6. The van der Waals surface area contributed by atoms with Gasteiger partial charge in [-0.25, -0.2) is 4.39 Å². The minimum Gasteiger partial charge on any atom is -0.390 e. The molecule has 0 amide bonds. The maximum Gasteiger partial charge on any atom is 0.193 e. The lowest BCUT2D eigenvalue weighted by atomic mass is 9.45. The summed E-state index contributed by atoms with van der Waals surface area (Å²) in [6.07, 6.45) is 9.06. The van der Waals surface area contributed by atoms with E-state index in [-0.39, 0.29) is 30.5 Å². The third-order valence-corrected chi connectivity index (χ3v) is 11.0. The number of fused-ring (bicyclic) bond motifs is 7. The van der Waals surface area contributed by atoms with E-state index in [2.05, 4.69) is 0 Å². The van der Waals surface area contributed by atoms with Crippen molar-refractivity contribution in [2.75, 3.05) is 6.61 Å². The van der Waals surface area contributed by atoms with E-state index < -0.39 is 58.9 Å². The molecule has 1 aliphatic heterocycles. The smallest absolute Gasteiger partial charge is 0.193 e. The van der Waals surface area contributed by atoms with Crippen molar-refractivity contribution in [3.8, 4) is 0 Å². The highest BCUT2D eigenvalue weighted by molar-refractivity contribution is 5.94. The van der Waals surface area contributed by atoms with E-state index in [4.69, 9.17) is 9.47 Å². The van der Waals surface area contributed by atoms with Crippen molar-refractivity contribution in [1.29, 1.82) is 0 Å². The van der Waals surface area contributed by atoms with Gasteiger partial charge in [0.1, 0.15) is 6.61 Å². The Hall–Kier alpha value is -1.41. The zero-order valence-corrected chi connectivity index (χ0v) is 20.7. The molecule has 2 N–H and O–H groups in total. The fourth-order valence-electron chi connectivity index (χ4n) is 9.12. The van der Waals surface area contributed by atoms with Crippen molar-refractivity contribution in [3.05, 3.63) is 23.8 Å². The molecule has 3 saturated carbocycles. The van der Waals surface area contributed by atoms with Crippen LogP contribution in [-0.2, 0) is 19.1 Å². The van der Waals surface area contributed by atoms with Crippen LogP contribution in [0.2, 0.25) is 0 Å². The van der Waals surface area contributed by atoms with Crippen molar-refractivity contribution in [2.45, 2.75) is 101 Å². The lowest BCUT2D eigenvalue weighted by molar-refractivity contribution is -0.232. The number of ether oxygens (including phenoxy) is 2. The third kappa shape index (κ3) is 2.84. The minimum atomic E-state index is -1.97. The first kappa shape index (κ1) is 24.0. The summed E-state index contributed by atoms with van der Waals surface area (Å²) >= 11 is 0. The average Bonchev–Trinajstić information content (AvgIpc) is 3.34. The number of carbonyl (C=O) groups is 2. The first-order valence-corrected chi connectivity index (χ1v) is 13.4. The lowest BCUT2D eigenvalue weighted by Gasteiger charge is -2.62. The zero-order chi connectivity index (χ0) is 24.8. The van der Waals surface area contributed by atoms with Crippen molar-refractivity contribution in [2.24, 2.45) is 28.6 Å². The average molecular weight is 489 g/mol. The molecule has 192 valence electrons. The molecule has 7 heteroatoms. The monoisotopic (exact) mass is 488 g/mol. The van der Waals surface area contributed by atoms with Crippen LogP contribution < -0.4 is 0 Å². The van der Waals surface area contributed by atoms with E-state index in [1.165, 1.54) is 12.5 Å². The molecule has 0 spiro atoms. The summed E-state index contributed by atoms with van der Waals surface area (Å²) in [5, 5.41) is 21.6. The normalized spacial score (nSPS) is 51.3. The first-order valence-electron chi connectivity index (χ1n) is 13.4. The molecule has 6 aliphatic rings. The summed E-state index contributed by atoms with van der Waals surface area (Å²) < 4.78 is 30.4. The van der Waals surface area contributed by atoms with E-state index >= 15 is 4.39 Å². The van der Waals surface area contributed by atoms with Gasteiger partial charge in [0.15, 0.2) is 29.1 Å². The van der Waals surface area contributed by atoms with Gasteiger partial charge < -0.3 is 19.7 Å². The number of carbonyl (C=O) groups excluding carboxylic acids is 2. The number of allylic oxidation sites excluding steroid dienone is 4. The Bertz CT molecular complexity index is 1000. The van der Waals surface area contributed by atoms with Crippen LogP contribution in [0.5, 0.6) is 0 Å². The number of rotatable bonds is 3. The van der Waals surface area contributed by atoms with Gasteiger partial charge in [0.05, 0.1) is 12.2 Å². The molecule has 4 fully saturated rings. The molecule has 0 aromatic rings. The number of aliphatic hydroxyl groups is 2. The molecule has 0 aromatic carbocycles. The van der Waals surface area contributed by atoms with Crippen LogP contribution in [0.1, 0.15) is 71.6 Å². The SMILES string of the molecule is C[C@]12C=CC(=O)CC1=CC[C@H]1[C@@H]3C[C@H]4O[C@@H](C5CCCCC5)O[C@@]4(C(=O)CO)[C@@]3(C)C[C@H](O)[C@@]12F. The minimum absolute atomic E-state index is 0.0400. The molecular weight excluding hydrogens is 451 g/mol. The number of Topliss-reactive ketones (excluding diaryl/α,β-unsaturated/α-hetero) is 1. The van der Waals surface area contributed by atoms with E-state index in [0.717, 1.165) is 31.3 Å². The highest BCUT2D eigenvalue weighted by Crippen LogP contribution is 2.71. The number of ketones is 2. The van der Waals surface area contributed by atoms with Gasteiger partial charge in [-0.05, 0) is 51.0 Å². The molecule has 0 aromatic heterocycles. The fourth-order valence-corrected chi connectivity index (χ4v) is 9.12. The lowest BCUT2D eigenvalue weighted by Crippen LogP contribution is -2.69. The topological polar surface area (TPSA) is 93.1 Å². The van der Waals surface area contributed by atoms with Crippen LogP contribution in [0.25, 0.3) is 0 Å². The van der Waals surface area contributed by atoms with E-state index in [1.54, 1.807) is 13.0 Å². The Balaban J connectivity index is 1.41. The molecule has 6 rings (SSSR count). The van der Waals surface area contributed by atoms with Crippen LogP contribution in [0.4, 0.5) is 4.39 Å². The predicted molar refractivity (Wildman–Crippen MR) is 125 cm³/mol. The molecule has 0 unspecified atom stereocenters. The maximum atomic E-state index is 17.3. The van der Waals surface area contributed by atoms with E-state index in [0.29, 0.717) is 12.8 Å². The Labute approximate surface area is 205 Å². The second-order valence-corrected chi connectivity index (χ2v) is 12.3. The van der Waals surface area contributed by atoms with Gasteiger partial charge >= 0.3 is 0 Å². The Morgan fingerprint density at radius 1 is 1.20 bits per heavy atom. The van der Waals surface area contributed by atoms with Crippen molar-refractivity contribution in [1.82, 2.24) is 0 Å². The van der Waals surface area contributed by atoms with Crippen LogP contribution in [0, 0.1) is 28.6 Å². The summed E-state index contributed by atoms with van der Waals surface area (Å²) in [5.41, 5.74) is -4.58. The van der Waals surface area contributed by atoms with Crippen LogP contribution >= 0.6 is 0 Å². The highest BCUT2D eigenvalue weighted by Gasteiger charge is 2.79. The zero-order valence-electron chi connectivity index (χ0n) is 20.7. The van der Waals surface area contributed by atoms with Gasteiger partial charge in [0.2, 0.25) is 0 Å². The molecule has 5 aliphatic carbocycles. The molecule has 9 atom stereocenters. The van der Waals surface area contributed by atoms with Gasteiger partial charge in [-0.15, -0.1) is 0 Å². The Kier molecular flexibility index (Phi) is 5.34. The molecule has 6 nitrogen and oxygen atoms in total. The maximum absolute atomic E-state index is 17.3. The molecule has 0 radical (unpaired) electrons. The largest absolute Gasteiger partial charge is 0.390 e. The Morgan fingerprint density at radius 2 is 1.94 bits per heavy atom. The second-order valence-electron chi connectivity index (χ2n) is 12.3. The van der Waals surface area contributed by atoms with Crippen LogP contribution in [0.15, 0.2) is 23.8 Å². The van der Waals surface area contributed by atoms with Crippen LogP contribution in [0.3, 0.4) is 0 Å². The van der Waals surface area contributed by atoms with E-state index in [1.807, 2.05) is 13.0 Å². The van der Waals surface area contributed by atoms with Gasteiger partial charge in [-0.2, -0.15) is 0 Å². The number of halogens is 1. The molecule has 0 bridgehead atoms. The van der Waals surface area contributed by atoms with Crippen molar-refractivity contribution in [3.63, 3.8) is 0 Å². The number of aliphatic hydroxyl groups excluding tert-OH is 2. The van der Waals surface area contributed by atoms with Crippen molar-refractivity contribution < 1.29 is 33.7 Å². The molecule has 35 heavy (non-hydrogen) atoms. The first-order chi connectivity index (χ1) is 16.6. The van der Waals surface area contributed by atoms with Gasteiger partial charge in [0, 0.05) is 29.1 Å². The Morgan fingerprint density at radius 3 is 2.66 bits per heavy atom. The van der Waals surface area contributed by atoms with Crippen molar-refractivity contribution >= 4 is 11.6 Å². The summed E-state index contributed by atoms with van der Waals surface area (Å²) in [6, 6.07) is 0. The summed E-state index contributed by atoms with van der Waals surface area (Å²) in [6.45, 7) is 3.05. The van der Waals surface area contributed by atoms with Crippen LogP contribution in [-0.4, -0.2) is 58.2 Å². The van der Waals surface area contributed by atoms with E-state index in [9.17, 15) is 19.8 Å². The summed E-state index contributed by atoms with van der Waals surface area (Å²) in [5.74, 6) is -1.10. The predicted octanol–water partition coefficient (Wildman–Crippen LogP) is 3.59. The standard InChI is InChI=1S/C28H37FO6/c1-25-11-10-18(31)12-17(25)8-9-19-20-13-23-28(22(33)15-30,26(20,2)14-21(32)27(19,25)29)35-24(34-23)16-6-4-3-5-7-16/h8,10-11,16,19-21,23-24,30,32H,3-7,9,12-15H2,1-2H3/t19-,20-,21-,23+,24+,25-,26-,27-,28+/m0/s1.